The molecule has 0 radical (unpaired) electrons. The molecule has 0 rings (SSSR count). The van der Waals surface area contributed by atoms with Crippen LogP contribution in [-0.4, -0.2) is 30.3 Å². The van der Waals surface area contributed by atoms with E-state index in [0.717, 1.165) is 19.6 Å². The third-order valence-electron chi connectivity index (χ3n) is 2.00. The van der Waals surface area contributed by atoms with E-state index in [0.29, 0.717) is 6.42 Å². The number of Topliss-reactive ketones (excluding diaryl/α,β-unsaturated/α-hetero) is 1. The fourth-order valence-corrected chi connectivity index (χ4v) is 1.17. The first-order valence-electron chi connectivity index (χ1n) is 5.03. The van der Waals surface area contributed by atoms with Crippen LogP contribution in [0.4, 0.5) is 0 Å². The first-order chi connectivity index (χ1) is 6.20. The third kappa shape index (κ3) is 7.72. The summed E-state index contributed by atoms with van der Waals surface area (Å²) in [7, 11) is 0. The van der Waals surface area contributed by atoms with Gasteiger partial charge in [-0.15, -0.1) is 6.58 Å². The van der Waals surface area contributed by atoms with Crippen molar-refractivity contribution in [2.45, 2.75) is 33.1 Å². The quantitative estimate of drug-likeness (QED) is 0.538. The predicted molar refractivity (Wildman–Crippen MR) is 56.8 cm³/mol. The molecule has 76 valence electrons. The van der Waals surface area contributed by atoms with Gasteiger partial charge in [-0.1, -0.05) is 19.4 Å². The molecule has 0 heterocycles. The lowest BCUT2D eigenvalue weighted by Crippen LogP contribution is -2.27. The van der Waals surface area contributed by atoms with Crippen LogP contribution in [0.1, 0.15) is 33.1 Å². The zero-order valence-electron chi connectivity index (χ0n) is 8.88. The van der Waals surface area contributed by atoms with E-state index in [4.69, 9.17) is 0 Å². The normalized spacial score (nSPS) is 10.4. The van der Waals surface area contributed by atoms with Gasteiger partial charge in [0.1, 0.15) is 5.78 Å². The van der Waals surface area contributed by atoms with Crippen LogP contribution in [0, 0.1) is 0 Å². The smallest absolute Gasteiger partial charge is 0.131 e. The molecule has 0 amide bonds. The number of unbranched alkanes of at least 4 members (excludes halogenated alkanes) is 1. The second kappa shape index (κ2) is 7.99. The number of nitrogens with zero attached hydrogens (tertiary/aromatic N) is 1. The molecule has 0 fully saturated rings. The SMILES string of the molecule is C=CCN(CCCC)CCC(C)=O. The highest BCUT2D eigenvalue weighted by atomic mass is 16.1. The van der Waals surface area contributed by atoms with Crippen molar-refractivity contribution in [1.82, 2.24) is 4.90 Å². The fourth-order valence-electron chi connectivity index (χ4n) is 1.17. The number of carbonyl (C=O) groups excluding carboxylic acids is 1. The average Bonchev–Trinajstić information content (AvgIpc) is 2.09. The minimum absolute atomic E-state index is 0.269. The number of carbonyl (C=O) groups is 1. The minimum Gasteiger partial charge on any atom is -0.300 e. The molecule has 2 heteroatoms. The average molecular weight is 183 g/mol. The summed E-state index contributed by atoms with van der Waals surface area (Å²) in [5.74, 6) is 0.269. The lowest BCUT2D eigenvalue weighted by molar-refractivity contribution is -0.117. The van der Waals surface area contributed by atoms with Crippen LogP contribution in [0.15, 0.2) is 12.7 Å². The first kappa shape index (κ1) is 12.4. The van der Waals surface area contributed by atoms with Crippen LogP contribution in [0.2, 0.25) is 0 Å². The molecule has 0 N–H and O–H groups in total. The molecule has 0 aromatic rings. The Kier molecular flexibility index (Phi) is 7.60. The van der Waals surface area contributed by atoms with Crippen molar-refractivity contribution in [3.63, 3.8) is 0 Å². The molecule has 0 bridgehead atoms. The first-order valence-corrected chi connectivity index (χ1v) is 5.03. The molecular formula is C11H21NO. The largest absolute Gasteiger partial charge is 0.300 e. The van der Waals surface area contributed by atoms with Crippen molar-refractivity contribution in [3.8, 4) is 0 Å². The Labute approximate surface area is 81.6 Å². The molecule has 0 atom stereocenters. The van der Waals surface area contributed by atoms with Crippen molar-refractivity contribution in [2.24, 2.45) is 0 Å². The van der Waals surface area contributed by atoms with Crippen LogP contribution in [0.5, 0.6) is 0 Å². The summed E-state index contributed by atoms with van der Waals surface area (Å²) in [5, 5.41) is 0. The molecule has 13 heavy (non-hydrogen) atoms. The molecule has 0 saturated heterocycles. The van der Waals surface area contributed by atoms with Crippen LogP contribution in [0.25, 0.3) is 0 Å². The van der Waals surface area contributed by atoms with E-state index < -0.39 is 0 Å². The molecule has 2 nitrogen and oxygen atoms in total. The minimum atomic E-state index is 0.269. The van der Waals surface area contributed by atoms with Gasteiger partial charge in [0, 0.05) is 19.5 Å². The van der Waals surface area contributed by atoms with Crippen molar-refractivity contribution >= 4 is 5.78 Å². The van der Waals surface area contributed by atoms with Gasteiger partial charge in [0.25, 0.3) is 0 Å². The molecule has 0 aromatic carbocycles. The van der Waals surface area contributed by atoms with Crippen molar-refractivity contribution in [3.05, 3.63) is 12.7 Å². The summed E-state index contributed by atoms with van der Waals surface area (Å²) in [4.78, 5) is 13.0. The van der Waals surface area contributed by atoms with E-state index in [9.17, 15) is 4.79 Å². The molecule has 0 aliphatic rings. The maximum Gasteiger partial charge on any atom is 0.131 e. The van der Waals surface area contributed by atoms with Crippen LogP contribution in [0.3, 0.4) is 0 Å². The molecule has 0 saturated carbocycles. The van der Waals surface area contributed by atoms with Gasteiger partial charge in [0.15, 0.2) is 0 Å². The van der Waals surface area contributed by atoms with Crippen molar-refractivity contribution in [2.75, 3.05) is 19.6 Å². The molecule has 0 aliphatic heterocycles. The highest BCUT2D eigenvalue weighted by molar-refractivity contribution is 5.75. The Morgan fingerprint density at radius 2 is 2.15 bits per heavy atom. The van der Waals surface area contributed by atoms with E-state index in [2.05, 4.69) is 18.4 Å². The topological polar surface area (TPSA) is 20.3 Å². The van der Waals surface area contributed by atoms with E-state index >= 15 is 0 Å². The van der Waals surface area contributed by atoms with E-state index in [1.165, 1.54) is 12.8 Å². The fraction of sp³-hybridized carbons (Fsp3) is 0.727. The molecule has 0 aliphatic carbocycles. The van der Waals surface area contributed by atoms with Gasteiger partial charge in [0.2, 0.25) is 0 Å². The lowest BCUT2D eigenvalue weighted by Gasteiger charge is -2.19. The summed E-state index contributed by atoms with van der Waals surface area (Å²) in [6, 6.07) is 0. The van der Waals surface area contributed by atoms with E-state index in [-0.39, 0.29) is 5.78 Å². The standard InChI is InChI=1S/C11H21NO/c1-4-6-9-12(8-5-2)10-7-11(3)13/h5H,2,4,6-10H2,1,3H3. The Hall–Kier alpha value is -0.630. The van der Waals surface area contributed by atoms with Crippen LogP contribution < -0.4 is 0 Å². The van der Waals surface area contributed by atoms with Gasteiger partial charge in [-0.3, -0.25) is 9.69 Å². The molecule has 0 aromatic heterocycles. The number of rotatable bonds is 8. The van der Waals surface area contributed by atoms with Gasteiger partial charge < -0.3 is 0 Å². The maximum atomic E-state index is 10.8. The molecule has 0 spiro atoms. The second-order valence-electron chi connectivity index (χ2n) is 3.39. The zero-order valence-corrected chi connectivity index (χ0v) is 8.88. The van der Waals surface area contributed by atoms with Crippen LogP contribution >= 0.6 is 0 Å². The monoisotopic (exact) mass is 183 g/mol. The number of hydrogen-bond acceptors (Lipinski definition) is 2. The summed E-state index contributed by atoms with van der Waals surface area (Å²) in [6.07, 6.45) is 4.97. The Morgan fingerprint density at radius 3 is 2.62 bits per heavy atom. The Bertz CT molecular complexity index is 154. The molecule has 0 unspecified atom stereocenters. The summed E-state index contributed by atoms with van der Waals surface area (Å²) in [5.41, 5.74) is 0. The highest BCUT2D eigenvalue weighted by Crippen LogP contribution is 1.97. The Morgan fingerprint density at radius 1 is 1.46 bits per heavy atom. The van der Waals surface area contributed by atoms with Gasteiger partial charge in [-0.25, -0.2) is 0 Å². The van der Waals surface area contributed by atoms with Gasteiger partial charge in [0.05, 0.1) is 0 Å². The van der Waals surface area contributed by atoms with Gasteiger partial charge in [-0.05, 0) is 19.9 Å². The van der Waals surface area contributed by atoms with Gasteiger partial charge in [-0.2, -0.15) is 0 Å². The van der Waals surface area contributed by atoms with Crippen molar-refractivity contribution in [1.29, 1.82) is 0 Å². The maximum absolute atomic E-state index is 10.8. The van der Waals surface area contributed by atoms with Gasteiger partial charge >= 0.3 is 0 Å². The predicted octanol–water partition coefficient (Wildman–Crippen LogP) is 2.25. The summed E-state index contributed by atoms with van der Waals surface area (Å²) < 4.78 is 0. The lowest BCUT2D eigenvalue weighted by atomic mass is 10.2. The summed E-state index contributed by atoms with van der Waals surface area (Å²) in [6.45, 7) is 10.4. The van der Waals surface area contributed by atoms with E-state index in [1.807, 2.05) is 6.08 Å². The highest BCUT2D eigenvalue weighted by Gasteiger charge is 2.02. The van der Waals surface area contributed by atoms with Crippen molar-refractivity contribution < 1.29 is 4.79 Å². The number of ketones is 1. The summed E-state index contributed by atoms with van der Waals surface area (Å²) >= 11 is 0. The molecular weight excluding hydrogens is 162 g/mol. The third-order valence-corrected chi connectivity index (χ3v) is 2.00. The van der Waals surface area contributed by atoms with E-state index in [1.54, 1.807) is 6.92 Å². The zero-order chi connectivity index (χ0) is 10.1. The Balaban J connectivity index is 3.65. The second-order valence-corrected chi connectivity index (χ2v) is 3.39. The van der Waals surface area contributed by atoms with Crippen LogP contribution in [-0.2, 0) is 4.79 Å². The number of hydrogen-bond donors (Lipinski definition) is 0.